The van der Waals surface area contributed by atoms with Crippen molar-refractivity contribution < 1.29 is 9.53 Å². The lowest BCUT2D eigenvalue weighted by Gasteiger charge is -1.94. The summed E-state index contributed by atoms with van der Waals surface area (Å²) in [6.07, 6.45) is 8.54. The van der Waals surface area contributed by atoms with Gasteiger partial charge in [0.05, 0.1) is 6.61 Å². The first kappa shape index (κ1) is 12.7. The van der Waals surface area contributed by atoms with Gasteiger partial charge in [0.1, 0.15) is 0 Å². The summed E-state index contributed by atoms with van der Waals surface area (Å²) in [4.78, 5) is 10.8. The van der Waals surface area contributed by atoms with Gasteiger partial charge in [-0.25, -0.2) is 4.79 Å². The van der Waals surface area contributed by atoms with E-state index in [0.29, 0.717) is 6.61 Å². The molecule has 13 heavy (non-hydrogen) atoms. The lowest BCUT2D eigenvalue weighted by atomic mass is 10.2. The van der Waals surface area contributed by atoms with Gasteiger partial charge in [0.2, 0.25) is 0 Å². The van der Waals surface area contributed by atoms with Crippen LogP contribution in [0.4, 0.5) is 0 Å². The molecule has 74 valence electrons. The fourth-order valence-electron chi connectivity index (χ4n) is 0.786. The van der Waals surface area contributed by atoms with Crippen molar-refractivity contribution in [2.24, 2.45) is 0 Å². The van der Waals surface area contributed by atoms with E-state index in [2.05, 4.69) is 28.7 Å². The molecular weight excluding hydrogens is 279 g/mol. The Kier molecular flexibility index (Phi) is 9.53. The second-order valence-corrected chi connectivity index (χ2v) is 3.17. The molecule has 0 fully saturated rings. The molecule has 0 N–H and O–H groups in total. The predicted molar refractivity (Wildman–Crippen MR) is 62.8 cm³/mol. The number of esters is 1. The van der Waals surface area contributed by atoms with Gasteiger partial charge in [0, 0.05) is 6.08 Å². The van der Waals surface area contributed by atoms with Crippen LogP contribution >= 0.6 is 22.6 Å². The Balaban J connectivity index is 3.35. The fourth-order valence-corrected chi connectivity index (χ4v) is 1.15. The Morgan fingerprint density at radius 2 is 2.08 bits per heavy atom. The van der Waals surface area contributed by atoms with Gasteiger partial charge in [-0.05, 0) is 30.3 Å². The smallest absolute Gasteiger partial charge is 0.330 e. The van der Waals surface area contributed by atoms with Gasteiger partial charge in [-0.1, -0.05) is 34.7 Å². The molecule has 0 unspecified atom stereocenters. The molecule has 0 amide bonds. The molecule has 0 aromatic heterocycles. The van der Waals surface area contributed by atoms with Gasteiger partial charge >= 0.3 is 5.97 Å². The first-order chi connectivity index (χ1) is 6.31. The predicted octanol–water partition coefficient (Wildman–Crippen LogP) is 3.22. The molecular formula is C10H15IO2. The van der Waals surface area contributed by atoms with Gasteiger partial charge < -0.3 is 4.74 Å². The summed E-state index contributed by atoms with van der Waals surface area (Å²) < 4.78 is 6.74. The number of carbonyl (C=O) groups excluding carboxylic acids is 1. The highest BCUT2D eigenvalue weighted by molar-refractivity contribution is 14.1. The van der Waals surface area contributed by atoms with Crippen LogP contribution in [0.5, 0.6) is 0 Å². The van der Waals surface area contributed by atoms with Crippen LogP contribution in [0.15, 0.2) is 22.3 Å². The number of hydrogen-bond donors (Lipinski definition) is 0. The number of rotatable bonds is 6. The van der Waals surface area contributed by atoms with Crippen LogP contribution < -0.4 is 0 Å². The van der Waals surface area contributed by atoms with E-state index in [1.54, 1.807) is 6.92 Å². The van der Waals surface area contributed by atoms with Crippen molar-refractivity contribution in [1.82, 2.24) is 0 Å². The molecule has 0 spiro atoms. The third-order valence-electron chi connectivity index (χ3n) is 1.37. The van der Waals surface area contributed by atoms with Gasteiger partial charge in [-0.2, -0.15) is 0 Å². The van der Waals surface area contributed by atoms with Crippen LogP contribution in [-0.4, -0.2) is 12.6 Å². The highest BCUT2D eigenvalue weighted by atomic mass is 127. The molecule has 0 aliphatic rings. The summed E-state index contributed by atoms with van der Waals surface area (Å²) in [5, 5.41) is 0. The Labute approximate surface area is 93.2 Å². The average Bonchev–Trinajstić information content (AvgIpc) is 2.11. The number of hydrogen-bond acceptors (Lipinski definition) is 2. The minimum Gasteiger partial charge on any atom is -0.463 e. The molecule has 0 aromatic rings. The summed E-state index contributed by atoms with van der Waals surface area (Å²) in [5.74, 6) is -0.244. The fraction of sp³-hybridized carbons (Fsp3) is 0.500. The maximum Gasteiger partial charge on any atom is 0.330 e. The number of halogens is 1. The zero-order valence-electron chi connectivity index (χ0n) is 7.83. The van der Waals surface area contributed by atoms with Crippen molar-refractivity contribution in [3.63, 3.8) is 0 Å². The monoisotopic (exact) mass is 294 g/mol. The summed E-state index contributed by atoms with van der Waals surface area (Å²) in [6, 6.07) is 0. The molecule has 0 heterocycles. The van der Waals surface area contributed by atoms with E-state index >= 15 is 0 Å². The maximum atomic E-state index is 10.8. The highest BCUT2D eigenvalue weighted by Crippen LogP contribution is 1.99. The number of carbonyl (C=O) groups is 1. The first-order valence-corrected chi connectivity index (χ1v) is 5.64. The highest BCUT2D eigenvalue weighted by Gasteiger charge is 1.91. The quantitative estimate of drug-likeness (QED) is 0.325. The summed E-state index contributed by atoms with van der Waals surface area (Å²) in [7, 11) is 0. The van der Waals surface area contributed by atoms with Crippen LogP contribution in [0.25, 0.3) is 0 Å². The molecule has 0 bridgehead atoms. The van der Waals surface area contributed by atoms with Crippen LogP contribution in [0, 0.1) is 0 Å². The standard InChI is InChI=1S/C10H15IO2/c1-2-13-10(12)8-6-4-3-5-7-9-11/h6-9H,2-5H2,1H3/b8-6+,9-7+. The Bertz CT molecular complexity index is 185. The number of allylic oxidation sites excluding steroid dienone is 2. The van der Waals surface area contributed by atoms with E-state index < -0.39 is 0 Å². The molecule has 0 aliphatic heterocycles. The van der Waals surface area contributed by atoms with E-state index in [4.69, 9.17) is 4.74 Å². The van der Waals surface area contributed by atoms with Crippen molar-refractivity contribution in [1.29, 1.82) is 0 Å². The van der Waals surface area contributed by atoms with E-state index in [1.165, 1.54) is 6.08 Å². The average molecular weight is 294 g/mol. The second-order valence-electron chi connectivity index (χ2n) is 2.45. The molecule has 0 aliphatic carbocycles. The third-order valence-corrected chi connectivity index (χ3v) is 1.88. The Morgan fingerprint density at radius 1 is 1.38 bits per heavy atom. The Hall–Kier alpha value is -0.320. The molecule has 0 atom stereocenters. The van der Waals surface area contributed by atoms with Crippen molar-refractivity contribution >= 4 is 28.6 Å². The third kappa shape index (κ3) is 9.60. The van der Waals surface area contributed by atoms with E-state index in [9.17, 15) is 4.79 Å². The SMILES string of the molecule is CCOC(=O)/C=C/CCC/C=C/I. The van der Waals surface area contributed by atoms with E-state index in [0.717, 1.165) is 19.3 Å². The van der Waals surface area contributed by atoms with Crippen LogP contribution in [0.1, 0.15) is 26.2 Å². The van der Waals surface area contributed by atoms with E-state index in [-0.39, 0.29) is 5.97 Å². The molecule has 0 saturated heterocycles. The lowest BCUT2D eigenvalue weighted by molar-refractivity contribution is -0.137. The van der Waals surface area contributed by atoms with Gasteiger partial charge in [0.15, 0.2) is 0 Å². The van der Waals surface area contributed by atoms with E-state index in [1.807, 2.05) is 10.2 Å². The largest absolute Gasteiger partial charge is 0.463 e. The number of unbranched alkanes of at least 4 members (excludes halogenated alkanes) is 2. The summed E-state index contributed by atoms with van der Waals surface area (Å²) in [6.45, 7) is 2.25. The minimum atomic E-state index is -0.244. The minimum absolute atomic E-state index is 0.244. The van der Waals surface area contributed by atoms with Crippen LogP contribution in [-0.2, 0) is 9.53 Å². The second kappa shape index (κ2) is 9.77. The van der Waals surface area contributed by atoms with Gasteiger partial charge in [0.25, 0.3) is 0 Å². The van der Waals surface area contributed by atoms with Gasteiger partial charge in [-0.15, -0.1) is 0 Å². The van der Waals surface area contributed by atoms with Crippen molar-refractivity contribution in [2.45, 2.75) is 26.2 Å². The van der Waals surface area contributed by atoms with Crippen molar-refractivity contribution in [3.05, 3.63) is 22.3 Å². The molecule has 3 heteroatoms. The zero-order valence-corrected chi connectivity index (χ0v) is 9.99. The van der Waals surface area contributed by atoms with Crippen molar-refractivity contribution in [3.8, 4) is 0 Å². The normalized spacial score (nSPS) is 11.2. The van der Waals surface area contributed by atoms with Crippen LogP contribution in [0.2, 0.25) is 0 Å². The number of ether oxygens (including phenoxy) is 1. The van der Waals surface area contributed by atoms with Gasteiger partial charge in [-0.3, -0.25) is 0 Å². The zero-order chi connectivity index (χ0) is 9.94. The summed E-state index contributed by atoms with van der Waals surface area (Å²) >= 11 is 2.20. The summed E-state index contributed by atoms with van der Waals surface area (Å²) in [5.41, 5.74) is 0. The molecule has 2 nitrogen and oxygen atoms in total. The first-order valence-electron chi connectivity index (χ1n) is 4.39. The molecule has 0 aromatic carbocycles. The molecule has 0 rings (SSSR count). The van der Waals surface area contributed by atoms with Crippen molar-refractivity contribution in [2.75, 3.05) is 6.61 Å². The Morgan fingerprint density at radius 3 is 2.69 bits per heavy atom. The molecule has 0 saturated carbocycles. The maximum absolute atomic E-state index is 10.8. The lowest BCUT2D eigenvalue weighted by Crippen LogP contribution is -1.98. The molecule has 0 radical (unpaired) electrons. The van der Waals surface area contributed by atoms with Crippen LogP contribution in [0.3, 0.4) is 0 Å². The topological polar surface area (TPSA) is 26.3 Å².